The van der Waals surface area contributed by atoms with E-state index >= 15 is 0 Å². The summed E-state index contributed by atoms with van der Waals surface area (Å²) < 4.78 is 94.8. The van der Waals surface area contributed by atoms with Crippen molar-refractivity contribution in [3.8, 4) is 5.75 Å². The van der Waals surface area contributed by atoms with Gasteiger partial charge >= 0.3 is 178 Å². The van der Waals surface area contributed by atoms with Crippen molar-refractivity contribution in [1.82, 2.24) is 0 Å². The Bertz CT molecular complexity index is 1510. The minimum Gasteiger partial charge on any atom is 0 e. The van der Waals surface area contributed by atoms with Crippen molar-refractivity contribution in [3.63, 3.8) is 0 Å². The van der Waals surface area contributed by atoms with Crippen LogP contribution in [0.25, 0.3) is 10.8 Å². The summed E-state index contributed by atoms with van der Waals surface area (Å²) in [6.07, 6.45) is 0. The fourth-order valence-electron chi connectivity index (χ4n) is 2.69. The Labute approximate surface area is 263 Å². The van der Waals surface area contributed by atoms with Gasteiger partial charge in [0.05, 0.1) is 0 Å². The van der Waals surface area contributed by atoms with Gasteiger partial charge in [0, 0.05) is 88.7 Å². The molecule has 3 rings (SSSR count). The molecule has 0 aliphatic heterocycles. The summed E-state index contributed by atoms with van der Waals surface area (Å²) in [6.45, 7) is 0. The molecular weight excluding hydrogens is 588 g/mol. The Morgan fingerprint density at radius 2 is 1.38 bits per heavy atom. The quantitative estimate of drug-likeness (QED) is 0.149. The van der Waals surface area contributed by atoms with Gasteiger partial charge in [0.2, 0.25) is 0 Å². The Morgan fingerprint density at radius 3 is 1.91 bits per heavy atom. The van der Waals surface area contributed by atoms with Crippen LogP contribution in [0.3, 0.4) is 0 Å². The third-order valence-electron chi connectivity index (χ3n) is 4.05. The minimum absolute atomic E-state index is 0. The molecule has 5 N–H and O–H groups in total. The van der Waals surface area contributed by atoms with Gasteiger partial charge in [-0.15, -0.1) is 0 Å². The van der Waals surface area contributed by atoms with Crippen LogP contribution in [0.2, 0.25) is 0 Å². The first-order chi connectivity index (χ1) is 14.2. The molecule has 0 aromatic heterocycles. The molecule has 0 aliphatic carbocycles. The van der Waals surface area contributed by atoms with E-state index < -0.39 is 60.0 Å². The molecule has 0 amide bonds. The average molecular weight is 601 g/mol. The molecule has 0 unspecified atom stereocenters. The molecule has 0 atom stereocenters. The van der Waals surface area contributed by atoms with Crippen molar-refractivity contribution in [2.45, 2.75) is 9.79 Å². The second-order valence-corrected chi connectivity index (χ2v) is 12.2. The van der Waals surface area contributed by atoms with Gasteiger partial charge in [-0.2, -0.15) is 0 Å². The van der Waals surface area contributed by atoms with Crippen LogP contribution in [-0.2, 0) is 24.0 Å². The van der Waals surface area contributed by atoms with E-state index in [9.17, 15) is 43.0 Å². The van der Waals surface area contributed by atoms with E-state index in [0.29, 0.717) is 0 Å². The maximum atomic E-state index is 11.7. The van der Waals surface area contributed by atoms with Crippen LogP contribution in [0.4, 0.5) is 11.4 Å². The number of aromatic hydroxyl groups is 1. The van der Waals surface area contributed by atoms with E-state index in [0.717, 1.165) is 30.3 Å². The number of fused-ring (bicyclic) bond motifs is 1. The first-order valence-electron chi connectivity index (χ1n) is 8.01. The second kappa shape index (κ2) is 12.8. The van der Waals surface area contributed by atoms with Crippen LogP contribution in [0, 0.1) is 0 Å². The van der Waals surface area contributed by atoms with Crippen LogP contribution in [0.15, 0.2) is 68.6 Å². The van der Waals surface area contributed by atoms with Crippen LogP contribution in [0.1, 0.15) is 0 Å². The Morgan fingerprint density at radius 1 is 0.794 bits per heavy atom. The van der Waals surface area contributed by atoms with Gasteiger partial charge in [-0.25, -0.2) is 0 Å². The molecule has 3 aromatic rings. The van der Waals surface area contributed by atoms with E-state index in [2.05, 4.69) is 10.2 Å². The summed E-state index contributed by atoms with van der Waals surface area (Å²) in [4.78, 5) is -1.61. The molecule has 0 saturated heterocycles. The molecule has 0 bridgehead atoms. The summed E-state index contributed by atoms with van der Waals surface area (Å²) in [6, 6.07) is 8.81. The Balaban J connectivity index is 0.00000363. The number of nitrogens with zero attached hydrogens (tertiary/aromatic N) is 2. The van der Waals surface area contributed by atoms with E-state index in [1.54, 1.807) is 0 Å². The molecular formula is C16H13AsN2Na3O10S2. The molecule has 0 saturated carbocycles. The van der Waals surface area contributed by atoms with E-state index in [1.165, 1.54) is 18.2 Å². The third kappa shape index (κ3) is 7.96. The van der Waals surface area contributed by atoms with Gasteiger partial charge in [0.25, 0.3) is 0 Å². The maximum Gasteiger partial charge on any atom is 0 e. The molecule has 0 heterocycles. The summed E-state index contributed by atoms with van der Waals surface area (Å²) >= 11 is -5.41. The van der Waals surface area contributed by atoms with Gasteiger partial charge in [-0.3, -0.25) is 0 Å². The van der Waals surface area contributed by atoms with E-state index in [-0.39, 0.29) is 105 Å². The normalized spacial score (nSPS) is 12.0. The van der Waals surface area contributed by atoms with Gasteiger partial charge in [-0.1, -0.05) is 0 Å². The molecule has 0 fully saturated rings. The number of benzene rings is 3. The van der Waals surface area contributed by atoms with Crippen molar-refractivity contribution in [3.05, 3.63) is 48.5 Å². The molecule has 12 nitrogen and oxygen atoms in total. The van der Waals surface area contributed by atoms with Crippen molar-refractivity contribution in [1.29, 1.82) is 0 Å². The largest absolute Gasteiger partial charge is 0 e. The molecule has 167 valence electrons. The third-order valence-corrected chi connectivity index (χ3v) is 7.88. The number of hydrogen-bond acceptors (Lipinski definition) is 8. The van der Waals surface area contributed by atoms with Crippen LogP contribution in [-0.4, -0.2) is 142 Å². The van der Waals surface area contributed by atoms with Crippen molar-refractivity contribution < 1.29 is 43.0 Å². The second-order valence-electron chi connectivity index (χ2n) is 6.14. The molecule has 0 aliphatic rings. The molecule has 18 heteroatoms. The zero-order valence-corrected chi connectivity index (χ0v) is 27.6. The van der Waals surface area contributed by atoms with Crippen molar-refractivity contribution >= 4 is 150 Å². The fourth-order valence-corrected chi connectivity index (χ4v) is 5.28. The standard InChI is InChI=1S/C16H13AsN2O10S2.3Na/c20-16-14(31(27,28)29)8-9-7-10(30(24,25)26)5-6-11(9)15(16)19-18-13-4-2-1-3-12(13)17(21,22)23;;;/h1-8,20H,(H2,21,22,23)(H,24,25,26)(H,27,28,29);;;. The van der Waals surface area contributed by atoms with Gasteiger partial charge in [0.15, 0.2) is 0 Å². The summed E-state index contributed by atoms with van der Waals surface area (Å²) in [5.74, 6) is -1.03. The zero-order valence-electron chi connectivity index (χ0n) is 18.1. The molecule has 0 spiro atoms. The summed E-state index contributed by atoms with van der Waals surface area (Å²) in [5, 5.41) is 17.6. The maximum absolute atomic E-state index is 11.7. The smallest absolute Gasteiger partial charge is 0 e. The topological polar surface area (TPSA) is 211 Å². The Hall–Kier alpha value is 0.418. The minimum atomic E-state index is -5.41. The first kappa shape index (κ1) is 34.4. The van der Waals surface area contributed by atoms with Crippen molar-refractivity contribution in [2.75, 3.05) is 0 Å². The SMILES string of the molecule is O=S(=O)(O)c1ccc2c(N=Nc3ccccc3[As](=O)(O)O)c(O)c(S(=O)(=O)O)cc2c1.[Na].[Na].[Na]. The Kier molecular flexibility index (Phi) is 12.9. The monoisotopic (exact) mass is 601 g/mol. The van der Waals surface area contributed by atoms with Crippen LogP contribution >= 0.6 is 0 Å². The predicted molar refractivity (Wildman–Crippen MR) is 124 cm³/mol. The number of hydrogen-bond donors (Lipinski definition) is 5. The molecule has 3 radical (unpaired) electrons. The predicted octanol–water partition coefficient (Wildman–Crippen LogP) is -0.127. The summed E-state index contributed by atoms with van der Waals surface area (Å²) in [7, 11) is -9.65. The summed E-state index contributed by atoms with van der Waals surface area (Å²) in [5.41, 5.74) is -0.783. The van der Waals surface area contributed by atoms with Crippen LogP contribution in [0.5, 0.6) is 5.75 Å². The number of rotatable bonds is 5. The van der Waals surface area contributed by atoms with Gasteiger partial charge < -0.3 is 0 Å². The number of azo groups is 1. The molecule has 34 heavy (non-hydrogen) atoms. The fraction of sp³-hybridized carbons (Fsp3) is 0. The van der Waals surface area contributed by atoms with Crippen molar-refractivity contribution in [2.24, 2.45) is 10.2 Å². The van der Waals surface area contributed by atoms with Crippen LogP contribution < -0.4 is 4.35 Å². The van der Waals surface area contributed by atoms with E-state index in [1.807, 2.05) is 0 Å². The average Bonchev–Trinajstić information content (AvgIpc) is 2.64. The van der Waals surface area contributed by atoms with E-state index in [4.69, 9.17) is 0 Å². The van der Waals surface area contributed by atoms with Gasteiger partial charge in [-0.05, 0) is 0 Å². The number of phenolic OH excluding ortho intramolecular Hbond substituents is 1. The van der Waals surface area contributed by atoms with Gasteiger partial charge in [0.1, 0.15) is 0 Å². The zero-order chi connectivity index (χ0) is 23.2. The number of phenols is 1. The molecule has 3 aromatic carbocycles. The first-order valence-corrected chi connectivity index (χ1v) is 14.3.